The van der Waals surface area contributed by atoms with Crippen molar-refractivity contribution in [3.63, 3.8) is 0 Å². The lowest BCUT2D eigenvalue weighted by molar-refractivity contribution is -0.142. The van der Waals surface area contributed by atoms with Crippen molar-refractivity contribution in [1.82, 2.24) is 10.3 Å². The highest BCUT2D eigenvalue weighted by molar-refractivity contribution is 7.11. The smallest absolute Gasteiger partial charge is 0.306 e. The van der Waals surface area contributed by atoms with E-state index in [9.17, 15) is 4.79 Å². The van der Waals surface area contributed by atoms with Gasteiger partial charge in [-0.2, -0.15) is 0 Å². The molecule has 0 radical (unpaired) electrons. The second-order valence-electron chi connectivity index (χ2n) is 5.46. The third kappa shape index (κ3) is 3.54. The van der Waals surface area contributed by atoms with Gasteiger partial charge in [0, 0.05) is 17.0 Å². The van der Waals surface area contributed by atoms with Gasteiger partial charge in [-0.1, -0.05) is 0 Å². The maximum atomic E-state index is 10.9. The van der Waals surface area contributed by atoms with Crippen LogP contribution in [0.2, 0.25) is 0 Å². The minimum Gasteiger partial charge on any atom is -0.481 e. The molecular weight excluding hydrogens is 260 g/mol. The molecule has 1 saturated carbocycles. The van der Waals surface area contributed by atoms with E-state index < -0.39 is 5.97 Å². The fourth-order valence-electron chi connectivity index (χ4n) is 2.89. The average Bonchev–Trinajstić information content (AvgIpc) is 2.69. The standard InChI is InChI=1S/C14H22N2O2S/c1-8-13(19-10(3)15-8)9(2)16-12-6-4-11(5-7-12)14(17)18/h9,11-12,16H,4-7H2,1-3H3,(H,17,18). The largest absolute Gasteiger partial charge is 0.481 e. The second kappa shape index (κ2) is 6.01. The summed E-state index contributed by atoms with van der Waals surface area (Å²) < 4.78 is 0. The molecule has 1 aliphatic carbocycles. The molecule has 1 aromatic heterocycles. The number of thiazole rings is 1. The number of aromatic nitrogens is 1. The number of hydrogen-bond donors (Lipinski definition) is 2. The SMILES string of the molecule is Cc1nc(C)c(C(C)NC2CCC(C(=O)O)CC2)s1. The Kier molecular flexibility index (Phi) is 4.58. The number of nitrogens with zero attached hydrogens (tertiary/aromatic N) is 1. The third-order valence-electron chi connectivity index (χ3n) is 3.89. The number of carbonyl (C=O) groups is 1. The molecule has 1 unspecified atom stereocenters. The van der Waals surface area contributed by atoms with Crippen LogP contribution in [0.25, 0.3) is 0 Å². The van der Waals surface area contributed by atoms with E-state index in [-0.39, 0.29) is 5.92 Å². The summed E-state index contributed by atoms with van der Waals surface area (Å²) in [5, 5.41) is 13.7. The lowest BCUT2D eigenvalue weighted by Gasteiger charge is -2.29. The van der Waals surface area contributed by atoms with E-state index in [4.69, 9.17) is 5.11 Å². The van der Waals surface area contributed by atoms with Gasteiger partial charge < -0.3 is 10.4 Å². The predicted octanol–water partition coefficient (Wildman–Crippen LogP) is 3.05. The Labute approximate surface area is 118 Å². The van der Waals surface area contributed by atoms with Crippen molar-refractivity contribution >= 4 is 17.3 Å². The van der Waals surface area contributed by atoms with Crippen LogP contribution in [-0.2, 0) is 4.79 Å². The molecule has 2 N–H and O–H groups in total. The van der Waals surface area contributed by atoms with Crippen LogP contribution in [0.15, 0.2) is 0 Å². The monoisotopic (exact) mass is 282 g/mol. The van der Waals surface area contributed by atoms with Gasteiger partial charge in [-0.05, 0) is 46.5 Å². The predicted molar refractivity (Wildman–Crippen MR) is 76.5 cm³/mol. The highest BCUT2D eigenvalue weighted by Crippen LogP contribution is 2.29. The Morgan fingerprint density at radius 2 is 2.00 bits per heavy atom. The van der Waals surface area contributed by atoms with Gasteiger partial charge in [-0.15, -0.1) is 11.3 Å². The van der Waals surface area contributed by atoms with Crippen molar-refractivity contribution in [3.05, 3.63) is 15.6 Å². The van der Waals surface area contributed by atoms with Crippen molar-refractivity contribution in [3.8, 4) is 0 Å². The number of carboxylic acids is 1. The van der Waals surface area contributed by atoms with Crippen LogP contribution in [0.3, 0.4) is 0 Å². The Hall–Kier alpha value is -0.940. The minimum absolute atomic E-state index is 0.138. The first-order valence-electron chi connectivity index (χ1n) is 6.90. The zero-order valence-electron chi connectivity index (χ0n) is 11.8. The minimum atomic E-state index is -0.638. The Morgan fingerprint density at radius 3 is 2.47 bits per heavy atom. The Morgan fingerprint density at radius 1 is 1.37 bits per heavy atom. The van der Waals surface area contributed by atoms with Crippen LogP contribution < -0.4 is 5.32 Å². The summed E-state index contributed by atoms with van der Waals surface area (Å²) in [5.41, 5.74) is 1.11. The van der Waals surface area contributed by atoms with Gasteiger partial charge in [-0.25, -0.2) is 4.98 Å². The van der Waals surface area contributed by atoms with Gasteiger partial charge in [0.1, 0.15) is 0 Å². The molecule has 5 heteroatoms. The average molecular weight is 282 g/mol. The maximum absolute atomic E-state index is 10.9. The lowest BCUT2D eigenvalue weighted by atomic mass is 9.86. The number of hydrogen-bond acceptors (Lipinski definition) is 4. The molecule has 0 bridgehead atoms. The summed E-state index contributed by atoms with van der Waals surface area (Å²) in [7, 11) is 0. The fraction of sp³-hybridized carbons (Fsp3) is 0.714. The molecule has 0 spiro atoms. The molecule has 0 aromatic carbocycles. The van der Waals surface area contributed by atoms with E-state index in [1.165, 1.54) is 4.88 Å². The number of rotatable bonds is 4. The van der Waals surface area contributed by atoms with Crippen LogP contribution in [0.1, 0.15) is 54.2 Å². The molecule has 1 aliphatic rings. The van der Waals surface area contributed by atoms with Crippen LogP contribution in [0.5, 0.6) is 0 Å². The van der Waals surface area contributed by atoms with Crippen LogP contribution in [0.4, 0.5) is 0 Å². The summed E-state index contributed by atoms with van der Waals surface area (Å²) in [5.74, 6) is -0.777. The summed E-state index contributed by atoms with van der Waals surface area (Å²) in [4.78, 5) is 16.7. The van der Waals surface area contributed by atoms with E-state index in [2.05, 4.69) is 24.1 Å². The Balaban J connectivity index is 1.89. The summed E-state index contributed by atoms with van der Waals surface area (Å²) in [6.07, 6.45) is 3.50. The van der Waals surface area contributed by atoms with E-state index in [0.29, 0.717) is 12.1 Å². The summed E-state index contributed by atoms with van der Waals surface area (Å²) in [6.45, 7) is 6.26. The normalized spacial score (nSPS) is 25.2. The molecule has 0 saturated heterocycles. The first-order valence-corrected chi connectivity index (χ1v) is 7.71. The van der Waals surface area contributed by atoms with Gasteiger partial charge in [0.2, 0.25) is 0 Å². The second-order valence-corrected chi connectivity index (χ2v) is 6.69. The van der Waals surface area contributed by atoms with Gasteiger partial charge in [0.05, 0.1) is 16.6 Å². The first kappa shape index (κ1) is 14.5. The van der Waals surface area contributed by atoms with Gasteiger partial charge in [-0.3, -0.25) is 4.79 Å². The van der Waals surface area contributed by atoms with E-state index >= 15 is 0 Å². The van der Waals surface area contributed by atoms with E-state index in [1.54, 1.807) is 11.3 Å². The van der Waals surface area contributed by atoms with Gasteiger partial charge in [0.25, 0.3) is 0 Å². The third-order valence-corrected chi connectivity index (χ3v) is 5.15. The Bertz CT molecular complexity index is 450. The maximum Gasteiger partial charge on any atom is 0.306 e. The summed E-state index contributed by atoms with van der Waals surface area (Å²) in [6, 6.07) is 0.741. The molecule has 1 atom stereocenters. The molecule has 1 fully saturated rings. The highest BCUT2D eigenvalue weighted by atomic mass is 32.1. The zero-order valence-corrected chi connectivity index (χ0v) is 12.6. The van der Waals surface area contributed by atoms with E-state index in [1.807, 2.05) is 6.92 Å². The van der Waals surface area contributed by atoms with Gasteiger partial charge >= 0.3 is 5.97 Å². The molecule has 19 heavy (non-hydrogen) atoms. The van der Waals surface area contributed by atoms with Crippen molar-refractivity contribution < 1.29 is 9.90 Å². The number of carboxylic acid groups (broad SMARTS) is 1. The highest BCUT2D eigenvalue weighted by Gasteiger charge is 2.27. The van der Waals surface area contributed by atoms with Crippen LogP contribution >= 0.6 is 11.3 Å². The van der Waals surface area contributed by atoms with Crippen molar-refractivity contribution in [2.24, 2.45) is 5.92 Å². The van der Waals surface area contributed by atoms with Crippen molar-refractivity contribution in [2.45, 2.75) is 58.5 Å². The molecule has 0 amide bonds. The van der Waals surface area contributed by atoms with E-state index in [0.717, 1.165) is 36.4 Å². The van der Waals surface area contributed by atoms with Crippen LogP contribution in [-0.4, -0.2) is 22.1 Å². The quantitative estimate of drug-likeness (QED) is 0.891. The molecule has 2 rings (SSSR count). The van der Waals surface area contributed by atoms with Gasteiger partial charge in [0.15, 0.2) is 0 Å². The molecule has 1 heterocycles. The van der Waals surface area contributed by atoms with Crippen molar-refractivity contribution in [2.75, 3.05) is 0 Å². The number of nitrogens with one attached hydrogen (secondary N) is 1. The lowest BCUT2D eigenvalue weighted by Crippen LogP contribution is -2.36. The summed E-state index contributed by atoms with van der Waals surface area (Å²) >= 11 is 1.75. The van der Waals surface area contributed by atoms with Crippen LogP contribution in [0, 0.1) is 19.8 Å². The number of aryl methyl sites for hydroxylation is 2. The zero-order chi connectivity index (χ0) is 14.0. The molecule has 106 valence electrons. The first-order chi connectivity index (χ1) is 8.97. The molecule has 4 nitrogen and oxygen atoms in total. The molecule has 1 aromatic rings. The topological polar surface area (TPSA) is 62.2 Å². The number of aliphatic carboxylic acids is 1. The molecule has 0 aliphatic heterocycles. The van der Waals surface area contributed by atoms with Crippen molar-refractivity contribution in [1.29, 1.82) is 0 Å². The molecular formula is C14H22N2O2S. The fourth-order valence-corrected chi connectivity index (χ4v) is 3.82.